The molecular formula is C21H22N2O3. The predicted octanol–water partition coefficient (Wildman–Crippen LogP) is 4.05. The monoisotopic (exact) mass is 350 g/mol. The van der Waals surface area contributed by atoms with Crippen LogP contribution in [0.2, 0.25) is 0 Å². The zero-order chi connectivity index (χ0) is 18.1. The van der Waals surface area contributed by atoms with Crippen molar-refractivity contribution in [1.82, 2.24) is 10.3 Å². The Morgan fingerprint density at radius 1 is 1.27 bits per heavy atom. The summed E-state index contributed by atoms with van der Waals surface area (Å²) in [4.78, 5) is 15.5. The smallest absolute Gasteiger partial charge is 0.412 e. The fraction of sp³-hybridized carbons (Fsp3) is 0.286. The third-order valence-corrected chi connectivity index (χ3v) is 4.88. The normalized spacial score (nSPS) is 12.7. The summed E-state index contributed by atoms with van der Waals surface area (Å²) < 4.78 is 10.8. The van der Waals surface area contributed by atoms with Crippen LogP contribution in [0, 0.1) is 13.8 Å². The molecule has 2 N–H and O–H groups in total. The van der Waals surface area contributed by atoms with Gasteiger partial charge in [0.2, 0.25) is 0 Å². The minimum Gasteiger partial charge on any atom is -0.493 e. The van der Waals surface area contributed by atoms with Crippen molar-refractivity contribution in [3.05, 3.63) is 58.8 Å². The number of hydrogen-bond acceptors (Lipinski definition) is 3. The second-order valence-electron chi connectivity index (χ2n) is 6.66. The van der Waals surface area contributed by atoms with Gasteiger partial charge in [0, 0.05) is 35.1 Å². The van der Waals surface area contributed by atoms with Crippen LogP contribution in [0.15, 0.2) is 36.4 Å². The van der Waals surface area contributed by atoms with Crippen LogP contribution in [0.4, 0.5) is 4.79 Å². The van der Waals surface area contributed by atoms with E-state index in [1.54, 1.807) is 6.07 Å². The lowest BCUT2D eigenvalue weighted by molar-refractivity contribution is 0.200. The van der Waals surface area contributed by atoms with Crippen molar-refractivity contribution >= 4 is 17.0 Å². The molecule has 2 aromatic carbocycles. The molecule has 2 heterocycles. The first-order valence-corrected chi connectivity index (χ1v) is 8.90. The van der Waals surface area contributed by atoms with Gasteiger partial charge in [-0.3, -0.25) is 0 Å². The summed E-state index contributed by atoms with van der Waals surface area (Å²) in [6.07, 6.45) is 1.17. The molecule has 5 heteroatoms. The molecule has 3 aromatic rings. The fourth-order valence-electron chi connectivity index (χ4n) is 3.53. The van der Waals surface area contributed by atoms with Crippen LogP contribution in [0.25, 0.3) is 10.9 Å². The number of carbonyl (C=O) groups is 1. The van der Waals surface area contributed by atoms with Crippen LogP contribution >= 0.6 is 0 Å². The minimum absolute atomic E-state index is 0.433. The number of para-hydroxylation sites is 1. The number of rotatable bonds is 4. The molecule has 1 aliphatic heterocycles. The Balaban J connectivity index is 1.37. The molecule has 0 saturated carbocycles. The lowest BCUT2D eigenvalue weighted by Gasteiger charge is -2.08. The molecule has 4 rings (SSSR count). The first kappa shape index (κ1) is 16.5. The highest BCUT2D eigenvalue weighted by molar-refractivity contribution is 5.87. The van der Waals surface area contributed by atoms with Gasteiger partial charge in [0.15, 0.2) is 0 Å². The largest absolute Gasteiger partial charge is 0.493 e. The highest BCUT2D eigenvalue weighted by Crippen LogP contribution is 2.29. The van der Waals surface area contributed by atoms with Crippen molar-refractivity contribution in [2.45, 2.75) is 26.7 Å². The summed E-state index contributed by atoms with van der Waals surface area (Å²) in [6, 6.07) is 11.8. The topological polar surface area (TPSA) is 63.4 Å². The molecule has 1 aliphatic rings. The number of H-pyrrole nitrogens is 1. The number of nitrogens with one attached hydrogen (secondary N) is 2. The maximum absolute atomic E-state index is 12.1. The number of benzene rings is 2. The zero-order valence-corrected chi connectivity index (χ0v) is 15.0. The molecule has 0 bridgehead atoms. The van der Waals surface area contributed by atoms with E-state index in [0.717, 1.165) is 29.8 Å². The van der Waals surface area contributed by atoms with Gasteiger partial charge >= 0.3 is 6.09 Å². The number of hydrogen-bond donors (Lipinski definition) is 2. The zero-order valence-electron chi connectivity index (χ0n) is 15.0. The van der Waals surface area contributed by atoms with Crippen LogP contribution in [0.1, 0.15) is 22.4 Å². The molecule has 26 heavy (non-hydrogen) atoms. The van der Waals surface area contributed by atoms with Crippen LogP contribution in [0.5, 0.6) is 11.5 Å². The van der Waals surface area contributed by atoms with Crippen LogP contribution in [-0.4, -0.2) is 24.2 Å². The Labute approximate surface area is 152 Å². The van der Waals surface area contributed by atoms with Crippen LogP contribution < -0.4 is 14.8 Å². The first-order chi connectivity index (χ1) is 12.6. The van der Waals surface area contributed by atoms with Gasteiger partial charge in [-0.1, -0.05) is 18.2 Å². The molecule has 0 aliphatic carbocycles. The van der Waals surface area contributed by atoms with E-state index in [-0.39, 0.29) is 0 Å². The summed E-state index contributed by atoms with van der Waals surface area (Å²) in [5.41, 5.74) is 5.86. The van der Waals surface area contributed by atoms with Crippen molar-refractivity contribution < 1.29 is 14.3 Å². The number of amides is 1. The number of aromatic amines is 1. The van der Waals surface area contributed by atoms with Gasteiger partial charge in [0.05, 0.1) is 6.61 Å². The summed E-state index contributed by atoms with van der Waals surface area (Å²) >= 11 is 0. The predicted molar refractivity (Wildman–Crippen MR) is 101 cm³/mol. The van der Waals surface area contributed by atoms with Gasteiger partial charge in [-0.15, -0.1) is 0 Å². The molecule has 0 atom stereocenters. The third-order valence-electron chi connectivity index (χ3n) is 4.88. The van der Waals surface area contributed by atoms with Gasteiger partial charge in [0.1, 0.15) is 11.5 Å². The molecule has 1 amide bonds. The molecule has 0 saturated heterocycles. The van der Waals surface area contributed by atoms with Crippen LogP contribution in [0.3, 0.4) is 0 Å². The number of carbonyl (C=O) groups excluding carboxylic acids is 1. The van der Waals surface area contributed by atoms with E-state index >= 15 is 0 Å². The first-order valence-electron chi connectivity index (χ1n) is 8.90. The Bertz CT molecular complexity index is 975. The summed E-state index contributed by atoms with van der Waals surface area (Å²) in [6.45, 7) is 5.38. The lowest BCUT2D eigenvalue weighted by atomic mass is 10.1. The van der Waals surface area contributed by atoms with Gasteiger partial charge in [-0.05, 0) is 49.6 Å². The quantitative estimate of drug-likeness (QED) is 0.746. The van der Waals surface area contributed by atoms with E-state index in [0.29, 0.717) is 18.9 Å². The molecule has 0 spiro atoms. The van der Waals surface area contributed by atoms with Gasteiger partial charge in [-0.2, -0.15) is 0 Å². The van der Waals surface area contributed by atoms with Crippen molar-refractivity contribution in [3.63, 3.8) is 0 Å². The summed E-state index contributed by atoms with van der Waals surface area (Å²) in [7, 11) is 0. The lowest BCUT2D eigenvalue weighted by Crippen LogP contribution is -2.28. The van der Waals surface area contributed by atoms with Crippen molar-refractivity contribution in [2.75, 3.05) is 13.2 Å². The van der Waals surface area contributed by atoms with E-state index in [4.69, 9.17) is 9.47 Å². The van der Waals surface area contributed by atoms with E-state index in [1.165, 1.54) is 22.0 Å². The number of aromatic nitrogens is 1. The SMILES string of the molecule is Cc1[nH]c2c(C)cccc2c1CCNC(=O)Oc1ccc2c(c1)CCO2. The van der Waals surface area contributed by atoms with Crippen molar-refractivity contribution in [2.24, 2.45) is 0 Å². The highest BCUT2D eigenvalue weighted by Gasteiger charge is 2.14. The molecular weight excluding hydrogens is 328 g/mol. The molecule has 134 valence electrons. The third kappa shape index (κ3) is 3.12. The van der Waals surface area contributed by atoms with Crippen molar-refractivity contribution in [3.8, 4) is 11.5 Å². The molecule has 5 nitrogen and oxygen atoms in total. The fourth-order valence-corrected chi connectivity index (χ4v) is 3.53. The van der Waals surface area contributed by atoms with Crippen molar-refractivity contribution in [1.29, 1.82) is 0 Å². The van der Waals surface area contributed by atoms with E-state index in [9.17, 15) is 4.79 Å². The van der Waals surface area contributed by atoms with Gasteiger partial charge in [-0.25, -0.2) is 4.79 Å². The molecule has 1 aromatic heterocycles. The number of ether oxygens (including phenoxy) is 2. The Hall–Kier alpha value is -2.95. The van der Waals surface area contributed by atoms with E-state index in [1.807, 2.05) is 12.1 Å². The van der Waals surface area contributed by atoms with Gasteiger partial charge < -0.3 is 19.8 Å². The van der Waals surface area contributed by atoms with E-state index < -0.39 is 6.09 Å². The second kappa shape index (κ2) is 6.75. The van der Waals surface area contributed by atoms with Gasteiger partial charge in [0.25, 0.3) is 0 Å². The standard InChI is InChI=1S/C21H22N2O3/c1-13-4-3-5-18-17(14(2)23-20(13)18)8-10-22-21(24)26-16-6-7-19-15(12-16)9-11-25-19/h3-7,12,23H,8-11H2,1-2H3,(H,22,24). The summed E-state index contributed by atoms with van der Waals surface area (Å²) in [5.74, 6) is 1.42. The Kier molecular flexibility index (Phi) is 4.29. The highest BCUT2D eigenvalue weighted by atomic mass is 16.6. The maximum atomic E-state index is 12.1. The summed E-state index contributed by atoms with van der Waals surface area (Å²) in [5, 5.41) is 4.06. The Morgan fingerprint density at radius 3 is 3.04 bits per heavy atom. The maximum Gasteiger partial charge on any atom is 0.412 e. The number of aryl methyl sites for hydroxylation is 2. The molecule has 0 fully saturated rings. The van der Waals surface area contributed by atoms with E-state index in [2.05, 4.69) is 42.3 Å². The number of fused-ring (bicyclic) bond motifs is 2. The molecule has 0 radical (unpaired) electrons. The molecule has 0 unspecified atom stereocenters. The second-order valence-corrected chi connectivity index (χ2v) is 6.66. The average molecular weight is 350 g/mol. The van der Waals surface area contributed by atoms with Crippen LogP contribution in [-0.2, 0) is 12.8 Å². The average Bonchev–Trinajstić information content (AvgIpc) is 3.20. The Morgan fingerprint density at radius 2 is 2.15 bits per heavy atom. The minimum atomic E-state index is -0.433.